The Morgan fingerprint density at radius 2 is 1.88 bits per heavy atom. The fourth-order valence-electron chi connectivity index (χ4n) is 6.07. The van der Waals surface area contributed by atoms with Crippen LogP contribution in [0.3, 0.4) is 0 Å². The number of fused-ring (bicyclic) bond motifs is 1. The van der Waals surface area contributed by atoms with Gasteiger partial charge in [-0.1, -0.05) is 49.3 Å². The molecular weight excluding hydrogens is 426 g/mol. The lowest BCUT2D eigenvalue weighted by Gasteiger charge is -2.45. The molecule has 2 aliphatic carbocycles. The van der Waals surface area contributed by atoms with E-state index in [1.165, 1.54) is 28.7 Å². The van der Waals surface area contributed by atoms with Crippen LogP contribution in [0, 0.1) is 29.6 Å². The highest BCUT2D eigenvalue weighted by atomic mass is 16.3. The van der Waals surface area contributed by atoms with Crippen LogP contribution in [-0.4, -0.2) is 20.6 Å². The van der Waals surface area contributed by atoms with Crippen LogP contribution in [0.25, 0.3) is 11.1 Å². The van der Waals surface area contributed by atoms with Gasteiger partial charge in [0.2, 0.25) is 0 Å². The summed E-state index contributed by atoms with van der Waals surface area (Å²) in [5.41, 5.74) is 1.66. The van der Waals surface area contributed by atoms with E-state index in [4.69, 9.17) is 0 Å². The summed E-state index contributed by atoms with van der Waals surface area (Å²) >= 11 is 0. The zero-order valence-corrected chi connectivity index (χ0v) is 20.5. The van der Waals surface area contributed by atoms with Gasteiger partial charge in [-0.3, -0.25) is 9.59 Å². The molecule has 1 aromatic heterocycles. The van der Waals surface area contributed by atoms with Gasteiger partial charge < -0.3 is 14.8 Å². The highest BCUT2D eigenvalue weighted by Gasteiger charge is 2.43. The first-order chi connectivity index (χ1) is 16.3. The Morgan fingerprint density at radius 3 is 2.53 bits per heavy atom. The summed E-state index contributed by atoms with van der Waals surface area (Å²) < 4.78 is 1.48. The molecule has 5 atom stereocenters. The highest BCUT2D eigenvalue weighted by Crippen LogP contribution is 2.49. The fraction of sp³-hybridized carbons (Fsp3) is 0.448. The minimum absolute atomic E-state index is 0.000144. The molecule has 2 N–H and O–H groups in total. The van der Waals surface area contributed by atoms with Gasteiger partial charge in [0, 0.05) is 24.2 Å². The van der Waals surface area contributed by atoms with Crippen molar-refractivity contribution in [3.05, 3.63) is 70.2 Å². The molecule has 2 aromatic rings. The SMILES string of the molecule is C/C=C/[C@@H]1[C@H]2C[C@@H](C)CC[C@@H]2C(C)=C[C@H]1C(=O)c1c(O)c(-c2ccc(O)cc2)cn(CC)c1=O. The van der Waals surface area contributed by atoms with Gasteiger partial charge in [0.05, 0.1) is 0 Å². The van der Waals surface area contributed by atoms with Crippen LogP contribution >= 0.6 is 0 Å². The first-order valence-electron chi connectivity index (χ1n) is 12.4. The Labute approximate surface area is 201 Å². The Morgan fingerprint density at radius 1 is 1.18 bits per heavy atom. The Balaban J connectivity index is 1.85. The monoisotopic (exact) mass is 461 g/mol. The van der Waals surface area contributed by atoms with Gasteiger partial charge in [-0.2, -0.15) is 0 Å². The number of Topliss-reactive ketones (excluding diaryl/α,β-unsaturated/α-hetero) is 1. The third-order valence-electron chi connectivity index (χ3n) is 7.83. The summed E-state index contributed by atoms with van der Waals surface area (Å²) in [5, 5.41) is 20.9. The van der Waals surface area contributed by atoms with E-state index in [9.17, 15) is 19.8 Å². The average molecular weight is 462 g/mol. The Bertz CT molecular complexity index is 1190. The minimum atomic E-state index is -0.485. The van der Waals surface area contributed by atoms with Crippen molar-refractivity contribution in [1.29, 1.82) is 0 Å². The van der Waals surface area contributed by atoms with E-state index >= 15 is 0 Å². The molecule has 180 valence electrons. The van der Waals surface area contributed by atoms with Crippen molar-refractivity contribution in [3.63, 3.8) is 0 Å². The molecule has 1 aromatic carbocycles. The summed E-state index contributed by atoms with van der Waals surface area (Å²) in [5.74, 6) is 0.456. The van der Waals surface area contributed by atoms with E-state index < -0.39 is 11.5 Å². The highest BCUT2D eigenvalue weighted by molar-refractivity contribution is 6.03. The molecule has 34 heavy (non-hydrogen) atoms. The molecule has 0 aliphatic heterocycles. The average Bonchev–Trinajstić information content (AvgIpc) is 2.81. The second-order valence-electron chi connectivity index (χ2n) is 10.00. The van der Waals surface area contributed by atoms with Crippen molar-refractivity contribution in [2.75, 3.05) is 0 Å². The summed E-state index contributed by atoms with van der Waals surface area (Å²) in [6.45, 7) is 8.58. The molecule has 5 nitrogen and oxygen atoms in total. The van der Waals surface area contributed by atoms with E-state index in [1.807, 2.05) is 26.0 Å². The number of benzene rings is 1. The van der Waals surface area contributed by atoms with Gasteiger partial charge in [0.15, 0.2) is 5.78 Å². The molecule has 5 heteroatoms. The summed E-state index contributed by atoms with van der Waals surface area (Å²) in [4.78, 5) is 27.4. The van der Waals surface area contributed by atoms with Crippen molar-refractivity contribution >= 4 is 5.78 Å². The lowest BCUT2D eigenvalue weighted by Crippen LogP contribution is -2.41. The van der Waals surface area contributed by atoms with E-state index in [-0.39, 0.29) is 28.8 Å². The molecule has 0 bridgehead atoms. The van der Waals surface area contributed by atoms with Gasteiger partial charge in [0.1, 0.15) is 17.1 Å². The number of hydrogen-bond acceptors (Lipinski definition) is 4. The number of aromatic nitrogens is 1. The Hall–Kier alpha value is -3.08. The van der Waals surface area contributed by atoms with Crippen molar-refractivity contribution in [1.82, 2.24) is 4.57 Å². The summed E-state index contributed by atoms with van der Waals surface area (Å²) in [6.07, 6.45) is 11.2. The third kappa shape index (κ3) is 4.24. The minimum Gasteiger partial charge on any atom is -0.508 e. The predicted molar refractivity (Wildman–Crippen MR) is 135 cm³/mol. The number of hydrogen-bond donors (Lipinski definition) is 2. The zero-order chi connectivity index (χ0) is 24.6. The molecule has 2 aliphatic rings. The predicted octanol–water partition coefficient (Wildman–Crippen LogP) is 5.95. The van der Waals surface area contributed by atoms with Crippen LogP contribution in [0.4, 0.5) is 0 Å². The van der Waals surface area contributed by atoms with Gasteiger partial charge in [-0.25, -0.2) is 0 Å². The second kappa shape index (κ2) is 9.65. The topological polar surface area (TPSA) is 79.5 Å². The lowest BCUT2D eigenvalue weighted by atomic mass is 9.59. The van der Waals surface area contributed by atoms with Crippen LogP contribution in [0.2, 0.25) is 0 Å². The van der Waals surface area contributed by atoms with E-state index in [2.05, 4.69) is 19.9 Å². The number of aryl methyl sites for hydroxylation is 1. The van der Waals surface area contributed by atoms with Gasteiger partial charge in [-0.15, -0.1) is 0 Å². The molecule has 4 rings (SSSR count). The number of nitrogens with zero attached hydrogens (tertiary/aromatic N) is 1. The van der Waals surface area contributed by atoms with Crippen molar-refractivity contribution in [2.24, 2.45) is 29.6 Å². The maximum atomic E-state index is 14.0. The zero-order valence-electron chi connectivity index (χ0n) is 20.5. The molecule has 1 saturated carbocycles. The number of aromatic hydroxyl groups is 2. The quantitative estimate of drug-likeness (QED) is 0.426. The van der Waals surface area contributed by atoms with E-state index in [0.29, 0.717) is 35.4 Å². The van der Waals surface area contributed by atoms with Crippen molar-refractivity contribution in [3.8, 4) is 22.6 Å². The lowest BCUT2D eigenvalue weighted by molar-refractivity contribution is 0.0803. The third-order valence-corrected chi connectivity index (χ3v) is 7.83. The molecule has 0 saturated heterocycles. The van der Waals surface area contributed by atoms with Gasteiger partial charge in [-0.05, 0) is 75.0 Å². The smallest absolute Gasteiger partial charge is 0.265 e. The first-order valence-corrected chi connectivity index (χ1v) is 12.4. The molecule has 0 radical (unpaired) electrons. The van der Waals surface area contributed by atoms with Gasteiger partial charge >= 0.3 is 0 Å². The number of allylic oxidation sites excluding steroid dienone is 4. The van der Waals surface area contributed by atoms with Crippen LogP contribution in [0.5, 0.6) is 11.5 Å². The normalized spacial score (nSPS) is 26.8. The van der Waals surface area contributed by atoms with Crippen LogP contribution in [-0.2, 0) is 6.54 Å². The van der Waals surface area contributed by atoms with Gasteiger partial charge in [0.25, 0.3) is 5.56 Å². The maximum absolute atomic E-state index is 14.0. The number of phenolic OH excluding ortho intramolecular Hbond substituents is 1. The number of carbonyl (C=O) groups excluding carboxylic acids is 1. The molecule has 0 amide bonds. The standard InChI is InChI=1S/C29H35NO4/c1-5-7-22-23-14-17(3)8-13-21(23)18(4)15-24(22)27(32)26-28(33)25(16-30(6-2)29(26)34)19-9-11-20(31)12-10-19/h5,7,9-12,15-17,21-24,31,33H,6,8,13-14H2,1-4H3/b7-5+/t17-,21+,22+,23-,24+/m0/s1. The van der Waals surface area contributed by atoms with Crippen LogP contribution < -0.4 is 5.56 Å². The van der Waals surface area contributed by atoms with E-state index in [1.54, 1.807) is 18.3 Å². The van der Waals surface area contributed by atoms with E-state index in [0.717, 1.165) is 12.8 Å². The molecule has 1 fully saturated rings. The first kappa shape index (κ1) is 24.1. The summed E-state index contributed by atoms with van der Waals surface area (Å²) in [6, 6.07) is 6.39. The summed E-state index contributed by atoms with van der Waals surface area (Å²) in [7, 11) is 0. The molecule has 0 spiro atoms. The largest absolute Gasteiger partial charge is 0.508 e. The second-order valence-corrected chi connectivity index (χ2v) is 10.00. The van der Waals surface area contributed by atoms with Crippen molar-refractivity contribution in [2.45, 2.75) is 53.5 Å². The maximum Gasteiger partial charge on any atom is 0.265 e. The molecule has 1 heterocycles. The number of phenols is 1. The number of carbonyl (C=O) groups is 1. The van der Waals surface area contributed by atoms with Crippen LogP contribution in [0.1, 0.15) is 57.3 Å². The molecule has 0 unspecified atom stereocenters. The van der Waals surface area contributed by atoms with Crippen molar-refractivity contribution < 1.29 is 15.0 Å². The number of rotatable bonds is 5. The fourth-order valence-corrected chi connectivity index (χ4v) is 6.07. The number of ketones is 1. The Kier molecular flexibility index (Phi) is 6.83. The van der Waals surface area contributed by atoms with Crippen LogP contribution in [0.15, 0.2) is 59.1 Å². The number of pyridine rings is 1. The molecular formula is C29H35NO4.